The molecule has 136 valence electrons. The first-order valence-electron chi connectivity index (χ1n) is 7.82. The van der Waals surface area contributed by atoms with Crippen molar-refractivity contribution >= 4 is 15.9 Å². The van der Waals surface area contributed by atoms with Crippen LogP contribution in [0.15, 0.2) is 18.2 Å². The fourth-order valence-corrected chi connectivity index (χ4v) is 3.00. The van der Waals surface area contributed by atoms with Crippen LogP contribution in [-0.4, -0.2) is 38.7 Å². The predicted molar refractivity (Wildman–Crippen MR) is 94.2 cm³/mol. The van der Waals surface area contributed by atoms with E-state index in [0.29, 0.717) is 17.9 Å². The number of nitrogens with one attached hydrogen (secondary N) is 1. The van der Waals surface area contributed by atoms with E-state index in [9.17, 15) is 13.2 Å². The molecule has 0 aliphatic carbocycles. The zero-order valence-corrected chi connectivity index (χ0v) is 16.0. The van der Waals surface area contributed by atoms with Crippen molar-refractivity contribution in [1.82, 2.24) is 5.32 Å². The van der Waals surface area contributed by atoms with E-state index in [1.807, 2.05) is 19.9 Å². The van der Waals surface area contributed by atoms with E-state index < -0.39 is 27.6 Å². The Balaban J connectivity index is 3.10. The highest BCUT2D eigenvalue weighted by molar-refractivity contribution is 7.90. The number of ether oxygens (including phenoxy) is 2. The SMILES string of the molecule is CCOc1cc(C(CS(C)(=O)=O)NC(=O)OC(C)(C)C)ccc1C. The molecule has 7 heteroatoms. The molecular formula is C17H27NO5S. The van der Waals surface area contributed by atoms with E-state index in [4.69, 9.17) is 9.47 Å². The first-order chi connectivity index (χ1) is 10.9. The van der Waals surface area contributed by atoms with E-state index in [1.54, 1.807) is 32.9 Å². The second kappa shape index (κ2) is 7.88. The van der Waals surface area contributed by atoms with Crippen LogP contribution in [0.25, 0.3) is 0 Å². The molecule has 0 spiro atoms. The van der Waals surface area contributed by atoms with Gasteiger partial charge >= 0.3 is 6.09 Å². The third-order valence-corrected chi connectivity index (χ3v) is 4.01. The smallest absolute Gasteiger partial charge is 0.408 e. The van der Waals surface area contributed by atoms with Gasteiger partial charge < -0.3 is 14.8 Å². The lowest BCUT2D eigenvalue weighted by Gasteiger charge is -2.24. The molecular weight excluding hydrogens is 330 g/mol. The molecule has 1 aromatic rings. The summed E-state index contributed by atoms with van der Waals surface area (Å²) >= 11 is 0. The normalized spacial score (nSPS) is 13.2. The van der Waals surface area contributed by atoms with Crippen LogP contribution >= 0.6 is 0 Å². The van der Waals surface area contributed by atoms with Crippen molar-refractivity contribution in [2.45, 2.75) is 46.3 Å². The van der Waals surface area contributed by atoms with Crippen molar-refractivity contribution in [3.63, 3.8) is 0 Å². The highest BCUT2D eigenvalue weighted by Gasteiger charge is 2.24. The molecule has 0 aromatic heterocycles. The predicted octanol–water partition coefficient (Wildman–Crippen LogP) is 3.00. The van der Waals surface area contributed by atoms with Crippen LogP contribution in [0.2, 0.25) is 0 Å². The van der Waals surface area contributed by atoms with Crippen LogP contribution in [0.4, 0.5) is 4.79 Å². The molecule has 0 aliphatic heterocycles. The fourth-order valence-electron chi connectivity index (χ4n) is 2.12. The number of rotatable bonds is 6. The highest BCUT2D eigenvalue weighted by atomic mass is 32.2. The average Bonchev–Trinajstić information content (AvgIpc) is 2.37. The first kappa shape index (κ1) is 20.3. The number of benzene rings is 1. The molecule has 0 heterocycles. The van der Waals surface area contributed by atoms with E-state index in [2.05, 4.69) is 5.32 Å². The Hall–Kier alpha value is -1.76. The third kappa shape index (κ3) is 7.21. The van der Waals surface area contributed by atoms with Crippen molar-refractivity contribution in [2.75, 3.05) is 18.6 Å². The molecule has 0 saturated heterocycles. The molecule has 0 fully saturated rings. The van der Waals surface area contributed by atoms with Gasteiger partial charge in [0.05, 0.1) is 18.4 Å². The van der Waals surface area contributed by atoms with Crippen molar-refractivity contribution in [1.29, 1.82) is 0 Å². The molecule has 24 heavy (non-hydrogen) atoms. The minimum Gasteiger partial charge on any atom is -0.494 e. The summed E-state index contributed by atoms with van der Waals surface area (Å²) in [6, 6.07) is 4.67. The summed E-state index contributed by atoms with van der Waals surface area (Å²) in [6.45, 7) is 9.52. The largest absolute Gasteiger partial charge is 0.494 e. The molecule has 0 aliphatic rings. The molecule has 0 radical (unpaired) electrons. The van der Waals surface area contributed by atoms with E-state index in [1.165, 1.54) is 0 Å². The minimum absolute atomic E-state index is 0.221. The van der Waals surface area contributed by atoms with Gasteiger partial charge in [-0.05, 0) is 51.8 Å². The van der Waals surface area contributed by atoms with Gasteiger partial charge in [0.15, 0.2) is 0 Å². The maximum absolute atomic E-state index is 12.0. The van der Waals surface area contributed by atoms with Crippen molar-refractivity contribution < 1.29 is 22.7 Å². The number of carbonyl (C=O) groups is 1. The zero-order chi connectivity index (χ0) is 18.5. The monoisotopic (exact) mass is 357 g/mol. The lowest BCUT2D eigenvalue weighted by atomic mass is 10.1. The summed E-state index contributed by atoms with van der Waals surface area (Å²) in [6.07, 6.45) is 0.476. The third-order valence-electron chi connectivity index (χ3n) is 3.07. The fraction of sp³-hybridized carbons (Fsp3) is 0.588. The summed E-state index contributed by atoms with van der Waals surface area (Å²) in [5.41, 5.74) is 0.931. The quantitative estimate of drug-likeness (QED) is 0.846. The summed E-state index contributed by atoms with van der Waals surface area (Å²) in [4.78, 5) is 12.0. The molecule has 1 unspecified atom stereocenters. The lowest BCUT2D eigenvalue weighted by molar-refractivity contribution is 0.0508. The van der Waals surface area contributed by atoms with E-state index in [-0.39, 0.29) is 5.75 Å². The Kier molecular flexibility index (Phi) is 6.66. The van der Waals surface area contributed by atoms with Gasteiger partial charge in [-0.2, -0.15) is 0 Å². The topological polar surface area (TPSA) is 81.7 Å². The highest BCUT2D eigenvalue weighted by Crippen LogP contribution is 2.25. The Morgan fingerprint density at radius 1 is 1.29 bits per heavy atom. The molecule has 1 rings (SSSR count). The maximum Gasteiger partial charge on any atom is 0.408 e. The summed E-state index contributed by atoms with van der Waals surface area (Å²) in [5, 5.41) is 2.64. The van der Waals surface area contributed by atoms with E-state index in [0.717, 1.165) is 11.8 Å². The van der Waals surface area contributed by atoms with Gasteiger partial charge in [-0.3, -0.25) is 0 Å². The van der Waals surface area contributed by atoms with Crippen molar-refractivity contribution in [3.05, 3.63) is 29.3 Å². The minimum atomic E-state index is -3.31. The van der Waals surface area contributed by atoms with E-state index >= 15 is 0 Å². The van der Waals surface area contributed by atoms with Gasteiger partial charge in [-0.1, -0.05) is 12.1 Å². The van der Waals surface area contributed by atoms with Gasteiger partial charge in [0.2, 0.25) is 0 Å². The Labute approximate surface area is 144 Å². The maximum atomic E-state index is 12.0. The van der Waals surface area contributed by atoms with Crippen LogP contribution in [0, 0.1) is 6.92 Å². The Morgan fingerprint density at radius 2 is 1.92 bits per heavy atom. The molecule has 1 atom stereocenters. The van der Waals surface area contributed by atoms with Crippen LogP contribution in [0.1, 0.15) is 44.9 Å². The number of hydrogen-bond donors (Lipinski definition) is 1. The lowest BCUT2D eigenvalue weighted by Crippen LogP contribution is -2.37. The van der Waals surface area contributed by atoms with Gasteiger partial charge in [0, 0.05) is 6.26 Å². The van der Waals surface area contributed by atoms with Crippen LogP contribution in [-0.2, 0) is 14.6 Å². The van der Waals surface area contributed by atoms with Crippen molar-refractivity contribution in [2.24, 2.45) is 0 Å². The first-order valence-corrected chi connectivity index (χ1v) is 9.88. The number of aryl methyl sites for hydroxylation is 1. The van der Waals surface area contributed by atoms with Gasteiger partial charge in [0.25, 0.3) is 0 Å². The van der Waals surface area contributed by atoms with Crippen LogP contribution in [0.3, 0.4) is 0 Å². The van der Waals surface area contributed by atoms with Gasteiger partial charge in [-0.25, -0.2) is 13.2 Å². The molecule has 1 aromatic carbocycles. The number of amides is 1. The number of sulfone groups is 1. The Morgan fingerprint density at radius 3 is 2.42 bits per heavy atom. The van der Waals surface area contributed by atoms with Gasteiger partial charge in [-0.15, -0.1) is 0 Å². The second-order valence-electron chi connectivity index (χ2n) is 6.75. The summed E-state index contributed by atoms with van der Waals surface area (Å²) in [5.74, 6) is 0.445. The number of hydrogen-bond acceptors (Lipinski definition) is 5. The molecule has 1 N–H and O–H groups in total. The summed E-state index contributed by atoms with van der Waals surface area (Å²) in [7, 11) is -3.31. The number of alkyl carbamates (subject to hydrolysis) is 1. The zero-order valence-electron chi connectivity index (χ0n) is 15.2. The van der Waals surface area contributed by atoms with Crippen molar-refractivity contribution in [3.8, 4) is 5.75 Å². The van der Waals surface area contributed by atoms with Crippen LogP contribution in [0.5, 0.6) is 5.75 Å². The summed E-state index contributed by atoms with van der Waals surface area (Å²) < 4.78 is 34.3. The molecule has 6 nitrogen and oxygen atoms in total. The number of carbonyl (C=O) groups excluding carboxylic acids is 1. The second-order valence-corrected chi connectivity index (χ2v) is 8.93. The molecule has 0 saturated carbocycles. The molecule has 1 amide bonds. The standard InChI is InChI=1S/C17H27NO5S/c1-7-22-15-10-13(9-8-12(15)2)14(11-24(6,20)21)18-16(19)23-17(3,4)5/h8-10,14H,7,11H2,1-6H3,(H,18,19). The average molecular weight is 357 g/mol. The Bertz CT molecular complexity index is 677. The molecule has 0 bridgehead atoms. The van der Waals surface area contributed by atoms with Crippen LogP contribution < -0.4 is 10.1 Å². The van der Waals surface area contributed by atoms with Gasteiger partial charge in [0.1, 0.15) is 21.2 Å².